The van der Waals surface area contributed by atoms with Gasteiger partial charge in [-0.25, -0.2) is 4.79 Å². The second-order valence-electron chi connectivity index (χ2n) is 6.35. The number of hydrogen-bond acceptors (Lipinski definition) is 4. The zero-order valence-corrected chi connectivity index (χ0v) is 14.7. The molecule has 0 bridgehead atoms. The Morgan fingerprint density at radius 2 is 1.68 bits per heavy atom. The van der Waals surface area contributed by atoms with E-state index in [1.165, 1.54) is 18.2 Å². The fourth-order valence-corrected chi connectivity index (χ4v) is 1.72. The number of anilines is 2. The lowest BCUT2D eigenvalue weighted by molar-refractivity contribution is -0.242. The highest BCUT2D eigenvalue weighted by Gasteiger charge is 2.55. The molecule has 0 aromatic heterocycles. The Morgan fingerprint density at radius 3 is 2.12 bits per heavy atom. The van der Waals surface area contributed by atoms with Crippen LogP contribution in [0, 0.1) is 0 Å². The van der Waals surface area contributed by atoms with Crippen LogP contribution in [0.25, 0.3) is 0 Å². The highest BCUT2D eigenvalue weighted by molar-refractivity contribution is 6.34. The minimum atomic E-state index is -5.15. The highest BCUT2D eigenvalue weighted by Crippen LogP contribution is 2.32. The van der Waals surface area contributed by atoms with Crippen LogP contribution in [0.4, 0.5) is 29.3 Å². The predicted octanol–water partition coefficient (Wildman–Crippen LogP) is 3.94. The number of ether oxygens (including phenoxy) is 1. The van der Waals surface area contributed by atoms with Crippen LogP contribution in [0.3, 0.4) is 0 Å². The Hall–Kier alpha value is -2.00. The van der Waals surface area contributed by atoms with Crippen molar-refractivity contribution in [3.8, 4) is 0 Å². The third kappa shape index (κ3) is 5.79. The number of carbonyl (C=O) groups is 2. The minimum absolute atomic E-state index is 0.139. The van der Waals surface area contributed by atoms with Gasteiger partial charge in [0.2, 0.25) is 5.60 Å². The lowest BCUT2D eigenvalue weighted by Crippen LogP contribution is -2.52. The summed E-state index contributed by atoms with van der Waals surface area (Å²) in [5.74, 6) is -1.69. The largest absolute Gasteiger partial charge is 0.444 e. The number of nitrogens with one attached hydrogen (secondary N) is 2. The van der Waals surface area contributed by atoms with Crippen LogP contribution in [0.2, 0.25) is 5.02 Å². The fraction of sp³-hybridized carbons (Fsp3) is 0.467. The number of benzene rings is 1. The quantitative estimate of drug-likeness (QED) is 0.739. The van der Waals surface area contributed by atoms with E-state index in [0.29, 0.717) is 6.92 Å². The van der Waals surface area contributed by atoms with E-state index >= 15 is 0 Å². The third-order valence-corrected chi connectivity index (χ3v) is 3.17. The van der Waals surface area contributed by atoms with Crippen molar-refractivity contribution >= 4 is 35.0 Å². The van der Waals surface area contributed by atoms with Gasteiger partial charge in [-0.2, -0.15) is 13.2 Å². The molecule has 6 nitrogen and oxygen atoms in total. The molecule has 140 valence electrons. The second-order valence-corrected chi connectivity index (χ2v) is 6.75. The van der Waals surface area contributed by atoms with Gasteiger partial charge in [0.15, 0.2) is 0 Å². The van der Waals surface area contributed by atoms with Gasteiger partial charge < -0.3 is 15.2 Å². The number of amides is 2. The lowest BCUT2D eigenvalue weighted by atomic mass is 10.1. The van der Waals surface area contributed by atoms with Crippen LogP contribution < -0.4 is 10.6 Å². The average molecular weight is 383 g/mol. The lowest BCUT2D eigenvalue weighted by Gasteiger charge is -2.25. The molecule has 0 saturated carbocycles. The van der Waals surface area contributed by atoms with Gasteiger partial charge in [-0.1, -0.05) is 11.6 Å². The van der Waals surface area contributed by atoms with Gasteiger partial charge in [0.25, 0.3) is 5.91 Å². The summed E-state index contributed by atoms with van der Waals surface area (Å²) >= 11 is 5.88. The maximum Gasteiger partial charge on any atom is 0.426 e. The first-order chi connectivity index (χ1) is 11.1. The summed E-state index contributed by atoms with van der Waals surface area (Å²) in [6, 6.07) is 3.69. The first-order valence-corrected chi connectivity index (χ1v) is 7.41. The van der Waals surface area contributed by atoms with Crippen molar-refractivity contribution in [1.29, 1.82) is 0 Å². The summed E-state index contributed by atoms with van der Waals surface area (Å²) in [4.78, 5) is 23.3. The fourth-order valence-electron chi connectivity index (χ4n) is 1.49. The van der Waals surface area contributed by atoms with E-state index in [4.69, 9.17) is 16.3 Å². The Bertz CT molecular complexity index is 670. The van der Waals surface area contributed by atoms with Crippen molar-refractivity contribution in [2.24, 2.45) is 0 Å². The molecule has 0 unspecified atom stereocenters. The van der Waals surface area contributed by atoms with Gasteiger partial charge in [-0.15, -0.1) is 0 Å². The molecule has 1 atom stereocenters. The molecule has 1 aromatic rings. The monoisotopic (exact) mass is 382 g/mol. The van der Waals surface area contributed by atoms with Crippen molar-refractivity contribution in [3.05, 3.63) is 23.2 Å². The number of alkyl halides is 3. The molecule has 0 fully saturated rings. The average Bonchev–Trinajstić information content (AvgIpc) is 2.38. The van der Waals surface area contributed by atoms with Crippen molar-refractivity contribution in [3.63, 3.8) is 0 Å². The van der Waals surface area contributed by atoms with E-state index in [0.717, 1.165) is 0 Å². The zero-order valence-electron chi connectivity index (χ0n) is 13.9. The molecule has 0 aliphatic rings. The van der Waals surface area contributed by atoms with Gasteiger partial charge >= 0.3 is 12.3 Å². The van der Waals surface area contributed by atoms with Gasteiger partial charge in [0, 0.05) is 5.69 Å². The Kier molecular flexibility index (Phi) is 5.97. The van der Waals surface area contributed by atoms with Crippen LogP contribution in [0.1, 0.15) is 27.7 Å². The van der Waals surface area contributed by atoms with Crippen molar-refractivity contribution in [2.45, 2.75) is 45.1 Å². The molecule has 0 aliphatic heterocycles. The Morgan fingerprint density at radius 1 is 1.12 bits per heavy atom. The first-order valence-electron chi connectivity index (χ1n) is 7.03. The number of aliphatic hydroxyl groups is 1. The summed E-state index contributed by atoms with van der Waals surface area (Å²) in [6.07, 6.45) is -5.90. The molecule has 1 aromatic carbocycles. The normalized spacial score (nSPS) is 14.4. The number of halogens is 4. The molecular weight excluding hydrogens is 365 g/mol. The minimum Gasteiger partial charge on any atom is -0.444 e. The van der Waals surface area contributed by atoms with Crippen LogP contribution >= 0.6 is 11.6 Å². The standard InChI is InChI=1S/C15H18ClF3N2O4/c1-13(2,3)25-12(23)20-8-5-6-10(9(16)7-8)21-11(22)14(4,24)15(17,18)19/h5-7,24H,1-4H3,(H,20,23)(H,21,22)/t14-/m1/s1. The number of carbonyl (C=O) groups excluding carboxylic acids is 2. The summed E-state index contributed by atoms with van der Waals surface area (Å²) in [7, 11) is 0. The Balaban J connectivity index is 2.86. The predicted molar refractivity (Wildman–Crippen MR) is 86.6 cm³/mol. The molecule has 0 aliphatic carbocycles. The van der Waals surface area contributed by atoms with E-state index in [1.54, 1.807) is 20.8 Å². The number of rotatable bonds is 3. The van der Waals surface area contributed by atoms with E-state index in [2.05, 4.69) is 5.32 Å². The van der Waals surface area contributed by atoms with E-state index in [-0.39, 0.29) is 16.4 Å². The van der Waals surface area contributed by atoms with Gasteiger partial charge in [0.05, 0.1) is 10.7 Å². The molecule has 0 spiro atoms. The molecule has 0 heterocycles. The topological polar surface area (TPSA) is 87.7 Å². The first kappa shape index (κ1) is 21.0. The highest BCUT2D eigenvalue weighted by atomic mass is 35.5. The van der Waals surface area contributed by atoms with Crippen LogP contribution in [0.15, 0.2) is 18.2 Å². The Labute approximate surface area is 147 Å². The van der Waals surface area contributed by atoms with Gasteiger partial charge in [0.1, 0.15) is 5.60 Å². The SMILES string of the molecule is CC(C)(C)OC(=O)Nc1ccc(NC(=O)[C@@](C)(O)C(F)(F)F)c(Cl)c1. The molecular formula is C15H18ClF3N2O4. The molecule has 0 saturated heterocycles. The summed E-state index contributed by atoms with van der Waals surface area (Å²) in [6.45, 7) is 5.34. The van der Waals surface area contributed by atoms with Crippen molar-refractivity contribution < 1.29 is 32.6 Å². The molecule has 10 heteroatoms. The number of hydrogen-bond donors (Lipinski definition) is 3. The molecule has 25 heavy (non-hydrogen) atoms. The van der Waals surface area contributed by atoms with Crippen molar-refractivity contribution in [1.82, 2.24) is 0 Å². The van der Waals surface area contributed by atoms with Crippen LogP contribution in [-0.4, -0.2) is 34.5 Å². The van der Waals surface area contributed by atoms with Gasteiger partial charge in [-0.3, -0.25) is 10.1 Å². The maximum atomic E-state index is 12.6. The molecule has 0 radical (unpaired) electrons. The van der Waals surface area contributed by atoms with Crippen LogP contribution in [0.5, 0.6) is 0 Å². The zero-order chi connectivity index (χ0) is 19.6. The smallest absolute Gasteiger partial charge is 0.426 e. The summed E-state index contributed by atoms with van der Waals surface area (Å²) in [5.41, 5.74) is -4.25. The molecule has 2 amide bonds. The second kappa shape index (κ2) is 7.09. The van der Waals surface area contributed by atoms with E-state index in [1.807, 2.05) is 5.32 Å². The van der Waals surface area contributed by atoms with E-state index < -0.39 is 29.4 Å². The van der Waals surface area contributed by atoms with E-state index in [9.17, 15) is 27.9 Å². The van der Waals surface area contributed by atoms with Gasteiger partial charge in [-0.05, 0) is 45.9 Å². The molecule has 3 N–H and O–H groups in total. The maximum absolute atomic E-state index is 12.6. The van der Waals surface area contributed by atoms with Crippen LogP contribution in [-0.2, 0) is 9.53 Å². The summed E-state index contributed by atoms with van der Waals surface area (Å²) < 4.78 is 42.9. The summed E-state index contributed by atoms with van der Waals surface area (Å²) in [5, 5.41) is 13.4. The van der Waals surface area contributed by atoms with Crippen molar-refractivity contribution in [2.75, 3.05) is 10.6 Å². The molecule has 1 rings (SSSR count). The third-order valence-electron chi connectivity index (χ3n) is 2.86.